The van der Waals surface area contributed by atoms with Gasteiger partial charge < -0.3 is 9.88 Å². The molecule has 29 heavy (non-hydrogen) atoms. The Morgan fingerprint density at radius 3 is 2.59 bits per heavy atom. The molecular weight excluding hydrogens is 388 g/mol. The standard InChI is InChI=1S/C21H32N4O3S/c1-5-24-12-8-9-17(24)15-22-21(26)20-14-16-13-18(10-11-19(16)23(20)4)29(27,28)25(6-2)7-3/h10-11,13-14,17H,5-9,12,15H2,1-4H3,(H,22,26). The Kier molecular flexibility index (Phi) is 6.65. The van der Waals surface area contributed by atoms with E-state index in [0.717, 1.165) is 30.4 Å². The number of aromatic nitrogens is 1. The van der Waals surface area contributed by atoms with Crippen molar-refractivity contribution in [1.82, 2.24) is 19.1 Å². The molecule has 1 aliphatic heterocycles. The second kappa shape index (κ2) is 8.85. The van der Waals surface area contributed by atoms with Crippen LogP contribution in [0.1, 0.15) is 44.1 Å². The number of carbonyl (C=O) groups excluding carboxylic acids is 1. The van der Waals surface area contributed by atoms with Gasteiger partial charge in [-0.15, -0.1) is 0 Å². The summed E-state index contributed by atoms with van der Waals surface area (Å²) >= 11 is 0. The lowest BCUT2D eigenvalue weighted by Crippen LogP contribution is -2.40. The maximum absolute atomic E-state index is 12.8. The third-order valence-electron chi connectivity index (χ3n) is 5.99. The summed E-state index contributed by atoms with van der Waals surface area (Å²) in [7, 11) is -1.69. The Morgan fingerprint density at radius 2 is 1.93 bits per heavy atom. The van der Waals surface area contributed by atoms with Crippen molar-refractivity contribution in [2.45, 2.75) is 44.6 Å². The lowest BCUT2D eigenvalue weighted by atomic mass is 10.2. The number of amides is 1. The number of nitrogens with zero attached hydrogens (tertiary/aromatic N) is 3. The molecule has 2 aromatic rings. The second-order valence-electron chi connectivity index (χ2n) is 7.53. The van der Waals surface area contributed by atoms with E-state index in [0.29, 0.717) is 31.4 Å². The first-order valence-corrected chi connectivity index (χ1v) is 11.9. The number of hydrogen-bond acceptors (Lipinski definition) is 4. The van der Waals surface area contributed by atoms with Gasteiger partial charge in [-0.2, -0.15) is 4.31 Å². The van der Waals surface area contributed by atoms with Gasteiger partial charge in [0.15, 0.2) is 0 Å². The molecule has 3 rings (SSSR count). The molecule has 0 bridgehead atoms. The molecule has 160 valence electrons. The molecule has 2 heterocycles. The van der Waals surface area contributed by atoms with E-state index in [1.165, 1.54) is 10.7 Å². The predicted molar refractivity (Wildman–Crippen MR) is 116 cm³/mol. The molecule has 1 unspecified atom stereocenters. The molecule has 0 aliphatic carbocycles. The van der Waals surface area contributed by atoms with E-state index in [1.807, 2.05) is 25.5 Å². The first-order valence-electron chi connectivity index (χ1n) is 10.4. The van der Waals surface area contributed by atoms with Gasteiger partial charge in [0.2, 0.25) is 10.0 Å². The predicted octanol–water partition coefficient (Wildman–Crippen LogP) is 2.42. The molecule has 0 spiro atoms. The molecule has 7 nitrogen and oxygen atoms in total. The zero-order chi connectivity index (χ0) is 21.2. The van der Waals surface area contributed by atoms with Gasteiger partial charge in [-0.25, -0.2) is 8.42 Å². The number of carbonyl (C=O) groups is 1. The van der Waals surface area contributed by atoms with Gasteiger partial charge in [0, 0.05) is 43.6 Å². The molecule has 1 fully saturated rings. The molecule has 1 N–H and O–H groups in total. The van der Waals surface area contributed by atoms with E-state index in [1.54, 1.807) is 24.3 Å². The Bertz CT molecular complexity index is 979. The zero-order valence-electron chi connectivity index (χ0n) is 17.8. The van der Waals surface area contributed by atoms with Gasteiger partial charge >= 0.3 is 0 Å². The number of likely N-dealkylation sites (N-methyl/N-ethyl adjacent to an activating group) is 1. The summed E-state index contributed by atoms with van der Waals surface area (Å²) in [6.45, 7) is 9.38. The number of fused-ring (bicyclic) bond motifs is 1. The second-order valence-corrected chi connectivity index (χ2v) is 9.47. The Morgan fingerprint density at radius 1 is 1.21 bits per heavy atom. The van der Waals surface area contributed by atoms with E-state index in [2.05, 4.69) is 17.1 Å². The molecule has 8 heteroatoms. The van der Waals surface area contributed by atoms with Crippen LogP contribution in [0.4, 0.5) is 0 Å². The van der Waals surface area contributed by atoms with E-state index < -0.39 is 10.0 Å². The number of sulfonamides is 1. The summed E-state index contributed by atoms with van der Waals surface area (Å²) in [5.74, 6) is -0.125. The number of aryl methyl sites for hydroxylation is 1. The van der Waals surface area contributed by atoms with E-state index in [-0.39, 0.29) is 10.8 Å². The Hall–Kier alpha value is -1.90. The number of hydrogen-bond donors (Lipinski definition) is 1. The van der Waals surface area contributed by atoms with Crippen molar-refractivity contribution < 1.29 is 13.2 Å². The molecule has 1 atom stereocenters. The number of benzene rings is 1. The van der Waals surface area contributed by atoms with Crippen LogP contribution in [-0.4, -0.2) is 66.9 Å². The van der Waals surface area contributed by atoms with Crippen molar-refractivity contribution in [1.29, 1.82) is 0 Å². The van der Waals surface area contributed by atoms with Gasteiger partial charge in [0.05, 0.1) is 4.90 Å². The van der Waals surface area contributed by atoms with Crippen LogP contribution in [0.15, 0.2) is 29.2 Å². The maximum atomic E-state index is 12.8. The average Bonchev–Trinajstić information content (AvgIpc) is 3.30. The van der Waals surface area contributed by atoms with Gasteiger partial charge in [-0.3, -0.25) is 9.69 Å². The van der Waals surface area contributed by atoms with Crippen LogP contribution < -0.4 is 5.32 Å². The summed E-state index contributed by atoms with van der Waals surface area (Å²) in [5.41, 5.74) is 1.38. The maximum Gasteiger partial charge on any atom is 0.267 e. The van der Waals surface area contributed by atoms with Gasteiger partial charge in [-0.1, -0.05) is 20.8 Å². The van der Waals surface area contributed by atoms with Crippen LogP contribution in [-0.2, 0) is 17.1 Å². The number of nitrogens with one attached hydrogen (secondary N) is 1. The first kappa shape index (κ1) is 21.8. The fourth-order valence-electron chi connectivity index (χ4n) is 4.26. The molecule has 1 aromatic heterocycles. The van der Waals surface area contributed by atoms with Crippen LogP contribution in [0.5, 0.6) is 0 Å². The summed E-state index contributed by atoms with van der Waals surface area (Å²) in [6, 6.07) is 7.23. The molecule has 1 aliphatic rings. The van der Waals surface area contributed by atoms with Gasteiger partial charge in [0.1, 0.15) is 5.69 Å². The summed E-state index contributed by atoms with van der Waals surface area (Å²) in [6.07, 6.45) is 2.28. The first-order chi connectivity index (χ1) is 13.8. The monoisotopic (exact) mass is 420 g/mol. The van der Waals surface area contributed by atoms with Crippen molar-refractivity contribution in [3.8, 4) is 0 Å². The Balaban J connectivity index is 1.83. The largest absolute Gasteiger partial charge is 0.349 e. The minimum Gasteiger partial charge on any atom is -0.349 e. The minimum absolute atomic E-state index is 0.125. The lowest BCUT2D eigenvalue weighted by Gasteiger charge is -2.22. The molecule has 1 aromatic carbocycles. The topological polar surface area (TPSA) is 74.7 Å². The molecule has 1 amide bonds. The summed E-state index contributed by atoms with van der Waals surface area (Å²) in [5, 5.41) is 3.81. The lowest BCUT2D eigenvalue weighted by molar-refractivity contribution is 0.0933. The van der Waals surface area contributed by atoms with Crippen LogP contribution in [0.3, 0.4) is 0 Å². The average molecular weight is 421 g/mol. The molecule has 0 radical (unpaired) electrons. The highest BCUT2D eigenvalue weighted by molar-refractivity contribution is 7.89. The van der Waals surface area contributed by atoms with Crippen LogP contribution in [0, 0.1) is 0 Å². The highest BCUT2D eigenvalue weighted by atomic mass is 32.2. The van der Waals surface area contributed by atoms with Crippen molar-refractivity contribution in [3.05, 3.63) is 30.0 Å². The van der Waals surface area contributed by atoms with Crippen LogP contribution >= 0.6 is 0 Å². The fraction of sp³-hybridized carbons (Fsp3) is 0.571. The SMILES string of the molecule is CCN1CCCC1CNC(=O)c1cc2cc(S(=O)(=O)N(CC)CC)ccc2n1C. The van der Waals surface area contributed by atoms with E-state index >= 15 is 0 Å². The third-order valence-corrected chi connectivity index (χ3v) is 8.04. The zero-order valence-corrected chi connectivity index (χ0v) is 18.6. The summed E-state index contributed by atoms with van der Waals surface area (Å²) < 4.78 is 28.9. The van der Waals surface area contributed by atoms with Gasteiger partial charge in [0.25, 0.3) is 5.91 Å². The normalized spacial score (nSPS) is 18.0. The highest BCUT2D eigenvalue weighted by Gasteiger charge is 2.25. The van der Waals surface area contributed by atoms with E-state index in [9.17, 15) is 13.2 Å². The minimum atomic E-state index is -3.53. The highest BCUT2D eigenvalue weighted by Crippen LogP contribution is 2.25. The van der Waals surface area contributed by atoms with Crippen molar-refractivity contribution in [2.24, 2.45) is 7.05 Å². The third kappa shape index (κ3) is 4.20. The van der Waals surface area contributed by atoms with Crippen LogP contribution in [0.2, 0.25) is 0 Å². The van der Waals surface area contributed by atoms with Gasteiger partial charge in [-0.05, 0) is 50.2 Å². The van der Waals surface area contributed by atoms with Crippen molar-refractivity contribution in [2.75, 3.05) is 32.7 Å². The summed E-state index contributed by atoms with van der Waals surface area (Å²) in [4.78, 5) is 15.4. The number of likely N-dealkylation sites (tertiary alicyclic amines) is 1. The van der Waals surface area contributed by atoms with E-state index in [4.69, 9.17) is 0 Å². The molecular formula is C21H32N4O3S. The van der Waals surface area contributed by atoms with Crippen molar-refractivity contribution in [3.63, 3.8) is 0 Å². The molecule has 0 saturated carbocycles. The molecule has 1 saturated heterocycles. The fourth-order valence-corrected chi connectivity index (χ4v) is 5.76. The smallest absolute Gasteiger partial charge is 0.267 e. The van der Waals surface area contributed by atoms with Crippen LogP contribution in [0.25, 0.3) is 10.9 Å². The quantitative estimate of drug-likeness (QED) is 0.712. The number of rotatable bonds is 8. The Labute approximate surface area is 173 Å². The van der Waals surface area contributed by atoms with Crippen molar-refractivity contribution >= 4 is 26.8 Å².